The van der Waals surface area contributed by atoms with Gasteiger partial charge in [-0.2, -0.15) is 0 Å². The summed E-state index contributed by atoms with van der Waals surface area (Å²) >= 11 is 0. The molecule has 0 aliphatic heterocycles. The molecular formula is C14H17N2+. The molecule has 2 rings (SSSR count). The summed E-state index contributed by atoms with van der Waals surface area (Å²) in [6.07, 6.45) is 1.96. The summed E-state index contributed by atoms with van der Waals surface area (Å²) in [5, 5.41) is 0. The van der Waals surface area contributed by atoms with E-state index in [-0.39, 0.29) is 5.69 Å². The lowest BCUT2D eigenvalue weighted by Gasteiger charge is -2.08. The second-order valence-corrected chi connectivity index (χ2v) is 3.98. The smallest absolute Gasteiger partial charge is 0.214 e. The van der Waals surface area contributed by atoms with Crippen molar-refractivity contribution < 1.29 is 8.68 Å². The maximum Gasteiger partial charge on any atom is 0.214 e. The Morgan fingerprint density at radius 3 is 2.75 bits per heavy atom. The van der Waals surface area contributed by atoms with Gasteiger partial charge in [0, 0.05) is 21.9 Å². The minimum Gasteiger partial charge on any atom is -0.258 e. The lowest BCUT2D eigenvalue weighted by atomic mass is 10.0. The molecule has 0 unspecified atom stereocenters. The summed E-state index contributed by atoms with van der Waals surface area (Å²) in [5.74, 6) is 0. The number of nitrogens with zero attached hydrogens (tertiary/aromatic N) is 2. The number of hydrogen-bond donors (Lipinski definition) is 0. The van der Waals surface area contributed by atoms with E-state index in [1.807, 2.05) is 49.9 Å². The van der Waals surface area contributed by atoms with E-state index in [1.165, 1.54) is 0 Å². The monoisotopic (exact) mass is 216 g/mol. The molecule has 2 nitrogen and oxygen atoms in total. The number of aryl methyl sites for hydroxylation is 4. The highest BCUT2D eigenvalue weighted by atomic mass is 14.9. The minimum atomic E-state index is -2.16. The lowest BCUT2D eigenvalue weighted by Crippen LogP contribution is -2.30. The molecule has 0 amide bonds. The molecule has 2 heteroatoms. The van der Waals surface area contributed by atoms with Crippen molar-refractivity contribution >= 4 is 0 Å². The molecule has 82 valence electrons. The zero-order chi connectivity index (χ0) is 14.2. The summed E-state index contributed by atoms with van der Waals surface area (Å²) in [6.45, 7) is 1.61. The Bertz CT molecular complexity index is 595. The van der Waals surface area contributed by atoms with Crippen LogP contribution in [0.25, 0.3) is 11.3 Å². The van der Waals surface area contributed by atoms with Crippen LogP contribution in [0, 0.1) is 20.7 Å². The molecule has 2 heterocycles. The minimum absolute atomic E-state index is 0.157. The molecular weight excluding hydrogens is 196 g/mol. The largest absolute Gasteiger partial charge is 0.258 e. The molecule has 0 aliphatic rings. The van der Waals surface area contributed by atoms with Gasteiger partial charge in [0.25, 0.3) is 0 Å². The fraction of sp³-hybridized carbons (Fsp3) is 0.286. The first-order valence-electron chi connectivity index (χ1n) is 6.74. The van der Waals surface area contributed by atoms with E-state index in [0.29, 0.717) is 0 Å². The van der Waals surface area contributed by atoms with Crippen LogP contribution in [0.2, 0.25) is 0 Å². The molecule has 0 radical (unpaired) electrons. The Morgan fingerprint density at radius 1 is 1.31 bits per heavy atom. The fourth-order valence-electron chi connectivity index (χ4n) is 2.00. The van der Waals surface area contributed by atoms with E-state index in [1.54, 1.807) is 6.07 Å². The molecule has 0 atom stereocenters. The average molecular weight is 216 g/mol. The zero-order valence-electron chi connectivity index (χ0n) is 12.8. The Hall–Kier alpha value is -1.70. The van der Waals surface area contributed by atoms with Crippen LogP contribution in [0.15, 0.2) is 30.5 Å². The number of aromatic nitrogens is 2. The molecule has 16 heavy (non-hydrogen) atoms. The molecule has 0 N–H and O–H groups in total. The lowest BCUT2D eigenvalue weighted by molar-refractivity contribution is -0.660. The number of rotatable bonds is 1. The third-order valence-electron chi connectivity index (χ3n) is 2.71. The average Bonchev–Trinajstić information content (AvgIpc) is 2.29. The first kappa shape index (κ1) is 7.55. The molecule has 2 aromatic heterocycles. The van der Waals surface area contributed by atoms with Crippen molar-refractivity contribution in [3.8, 4) is 11.3 Å². The molecule has 0 saturated carbocycles. The zero-order valence-corrected chi connectivity index (χ0v) is 9.78. The maximum absolute atomic E-state index is 7.45. The van der Waals surface area contributed by atoms with Crippen LogP contribution in [0.1, 0.15) is 21.1 Å². The topological polar surface area (TPSA) is 16.8 Å². The van der Waals surface area contributed by atoms with Gasteiger partial charge in [0.2, 0.25) is 5.69 Å². The van der Waals surface area contributed by atoms with Crippen LogP contribution in [0.3, 0.4) is 0 Å². The van der Waals surface area contributed by atoms with E-state index >= 15 is 0 Å². The first-order valence-corrected chi connectivity index (χ1v) is 5.24. The standard InChI is InChI=1S/C14H17N2/c1-10-9-11(2)15-12(3)14(10)13-7-5-6-8-16(13)4/h5-9H,1-4H3/q+1/i2D3. The van der Waals surface area contributed by atoms with Crippen LogP contribution in [0.5, 0.6) is 0 Å². The van der Waals surface area contributed by atoms with Gasteiger partial charge in [-0.1, -0.05) is 0 Å². The number of hydrogen-bond acceptors (Lipinski definition) is 1. The summed E-state index contributed by atoms with van der Waals surface area (Å²) in [4.78, 5) is 4.25. The Balaban J connectivity index is 2.65. The van der Waals surface area contributed by atoms with Gasteiger partial charge >= 0.3 is 0 Å². The second kappa shape index (κ2) is 4.05. The van der Waals surface area contributed by atoms with Gasteiger partial charge in [-0.15, -0.1) is 0 Å². The highest BCUT2D eigenvalue weighted by Crippen LogP contribution is 2.23. The molecule has 0 fully saturated rings. The Kier molecular flexibility index (Phi) is 1.91. The number of pyridine rings is 2. The Morgan fingerprint density at radius 2 is 2.12 bits per heavy atom. The van der Waals surface area contributed by atoms with Crippen LogP contribution in [-0.2, 0) is 7.05 Å². The van der Waals surface area contributed by atoms with Crippen molar-refractivity contribution in [3.05, 3.63) is 47.4 Å². The van der Waals surface area contributed by atoms with Gasteiger partial charge < -0.3 is 0 Å². The van der Waals surface area contributed by atoms with E-state index in [4.69, 9.17) is 4.11 Å². The SMILES string of the molecule is [2H]C([2H])([2H])c1cc(C)c(-c2cccc[n+]2C)c(C)n1. The molecule has 0 spiro atoms. The molecule has 0 aliphatic carbocycles. The summed E-state index contributed by atoms with van der Waals surface area (Å²) < 4.78 is 24.4. The van der Waals surface area contributed by atoms with Crippen molar-refractivity contribution in [1.29, 1.82) is 0 Å². The van der Waals surface area contributed by atoms with Gasteiger partial charge in [-0.3, -0.25) is 4.98 Å². The normalized spacial score (nSPS) is 14.1. The van der Waals surface area contributed by atoms with Gasteiger partial charge in [0.1, 0.15) is 7.05 Å². The Labute approximate surface area is 101 Å². The summed E-state index contributed by atoms with van der Waals surface area (Å²) in [7, 11) is 1.96. The van der Waals surface area contributed by atoms with Crippen LogP contribution >= 0.6 is 0 Å². The third-order valence-corrected chi connectivity index (χ3v) is 2.71. The summed E-state index contributed by atoms with van der Waals surface area (Å²) in [6, 6.07) is 7.58. The molecule has 2 aromatic rings. The van der Waals surface area contributed by atoms with Crippen molar-refractivity contribution in [2.45, 2.75) is 20.7 Å². The predicted molar refractivity (Wildman–Crippen MR) is 65.1 cm³/mol. The van der Waals surface area contributed by atoms with Gasteiger partial charge in [0.15, 0.2) is 6.20 Å². The fourth-order valence-corrected chi connectivity index (χ4v) is 2.00. The van der Waals surface area contributed by atoms with Crippen LogP contribution in [-0.4, -0.2) is 4.98 Å². The second-order valence-electron chi connectivity index (χ2n) is 3.98. The van der Waals surface area contributed by atoms with Crippen LogP contribution < -0.4 is 4.57 Å². The van der Waals surface area contributed by atoms with E-state index in [2.05, 4.69) is 4.98 Å². The quantitative estimate of drug-likeness (QED) is 0.669. The van der Waals surface area contributed by atoms with Crippen molar-refractivity contribution in [2.75, 3.05) is 0 Å². The maximum atomic E-state index is 7.45. The van der Waals surface area contributed by atoms with Crippen molar-refractivity contribution in [2.24, 2.45) is 7.05 Å². The van der Waals surface area contributed by atoms with Gasteiger partial charge in [-0.25, -0.2) is 4.57 Å². The van der Waals surface area contributed by atoms with E-state index in [0.717, 1.165) is 22.5 Å². The molecule has 0 saturated heterocycles. The van der Waals surface area contributed by atoms with Gasteiger partial charge in [-0.05, 0) is 38.4 Å². The first-order chi connectivity index (χ1) is 8.80. The molecule has 0 bridgehead atoms. The summed E-state index contributed by atoms with van der Waals surface area (Å²) in [5.41, 5.74) is 3.86. The predicted octanol–water partition coefficient (Wildman–Crippen LogP) is 2.50. The van der Waals surface area contributed by atoms with Crippen LogP contribution in [0.4, 0.5) is 0 Å². The highest BCUT2D eigenvalue weighted by Gasteiger charge is 2.15. The van der Waals surface area contributed by atoms with E-state index in [9.17, 15) is 0 Å². The van der Waals surface area contributed by atoms with Crippen molar-refractivity contribution in [1.82, 2.24) is 4.98 Å². The third kappa shape index (κ3) is 1.83. The van der Waals surface area contributed by atoms with E-state index < -0.39 is 6.85 Å². The van der Waals surface area contributed by atoms with Crippen molar-refractivity contribution in [3.63, 3.8) is 0 Å². The molecule has 0 aromatic carbocycles. The van der Waals surface area contributed by atoms with Gasteiger partial charge in [0.05, 0.1) is 11.3 Å². The highest BCUT2D eigenvalue weighted by molar-refractivity contribution is 5.63.